The number of hydrogen-bond acceptors (Lipinski definition) is 3. The smallest absolute Gasteiger partial charge is 0.254 e. The molecule has 10 heteroatoms. The second-order valence-corrected chi connectivity index (χ2v) is 9.04. The third-order valence-corrected chi connectivity index (χ3v) is 7.06. The predicted molar refractivity (Wildman–Crippen MR) is 106 cm³/mol. The van der Waals surface area contributed by atoms with Gasteiger partial charge in [0.1, 0.15) is 11.5 Å². The van der Waals surface area contributed by atoms with E-state index in [9.17, 15) is 22.8 Å². The fourth-order valence-electron chi connectivity index (χ4n) is 5.10. The van der Waals surface area contributed by atoms with Gasteiger partial charge in [0.05, 0.1) is 29.4 Å². The third kappa shape index (κ3) is 3.30. The van der Waals surface area contributed by atoms with E-state index >= 15 is 0 Å². The largest absolute Gasteiger partial charge is 0.365 e. The van der Waals surface area contributed by atoms with Crippen LogP contribution in [0.4, 0.5) is 13.2 Å². The monoisotopic (exact) mass is 452 g/mol. The average molecular weight is 453 g/mol. The van der Waals surface area contributed by atoms with Gasteiger partial charge in [-0.25, -0.2) is 13.2 Å². The summed E-state index contributed by atoms with van der Waals surface area (Å²) in [5.41, 5.74) is 7.02. The molecule has 164 valence electrons. The van der Waals surface area contributed by atoms with Crippen molar-refractivity contribution in [3.8, 4) is 11.3 Å². The molecule has 5 rings (SSSR count). The lowest BCUT2D eigenvalue weighted by Gasteiger charge is -2.29. The van der Waals surface area contributed by atoms with Gasteiger partial charge >= 0.3 is 0 Å². The van der Waals surface area contributed by atoms with Gasteiger partial charge in [0.2, 0.25) is 5.91 Å². The lowest BCUT2D eigenvalue weighted by molar-refractivity contribution is -0.134. The number of aromatic nitrogens is 2. The standard InChI is InChI=1S/C21H20ClF3N4O2/c22-14-8-11(1-2-15(14)23)19-18(20(26)31)16-9-28(3-4-29(16)27-19)17(30)7-10-5-12-13(6-10)21(12,24)25/h1-2,8,10,12-13H,3-7,9H2,(H2,26,31)/t10?,12-,13?/m0/s1. The quantitative estimate of drug-likeness (QED) is 0.771. The molecule has 2 fully saturated rings. The molecule has 0 spiro atoms. The van der Waals surface area contributed by atoms with Gasteiger partial charge in [0, 0.05) is 30.4 Å². The lowest BCUT2D eigenvalue weighted by atomic mass is 9.97. The number of carbonyl (C=O) groups excluding carboxylic acids is 2. The highest BCUT2D eigenvalue weighted by Crippen LogP contribution is 2.66. The molecule has 31 heavy (non-hydrogen) atoms. The summed E-state index contributed by atoms with van der Waals surface area (Å²) >= 11 is 5.87. The van der Waals surface area contributed by atoms with Crippen LogP contribution in [0.5, 0.6) is 0 Å². The van der Waals surface area contributed by atoms with Crippen molar-refractivity contribution < 1.29 is 22.8 Å². The van der Waals surface area contributed by atoms with Crippen LogP contribution in [0.1, 0.15) is 35.3 Å². The van der Waals surface area contributed by atoms with Crippen molar-refractivity contribution in [1.29, 1.82) is 0 Å². The van der Waals surface area contributed by atoms with Crippen LogP contribution >= 0.6 is 11.6 Å². The maximum Gasteiger partial charge on any atom is 0.254 e. The minimum atomic E-state index is -2.55. The topological polar surface area (TPSA) is 81.2 Å². The van der Waals surface area contributed by atoms with Gasteiger partial charge < -0.3 is 10.6 Å². The molecule has 2 aromatic rings. The molecule has 6 nitrogen and oxygen atoms in total. The van der Waals surface area contributed by atoms with E-state index in [2.05, 4.69) is 5.10 Å². The van der Waals surface area contributed by atoms with Gasteiger partial charge in [-0.15, -0.1) is 0 Å². The summed E-state index contributed by atoms with van der Waals surface area (Å²) in [4.78, 5) is 26.7. The first-order valence-corrected chi connectivity index (χ1v) is 10.5. The van der Waals surface area contributed by atoms with E-state index in [0.29, 0.717) is 37.2 Å². The maximum atomic E-state index is 13.5. The van der Waals surface area contributed by atoms with E-state index in [4.69, 9.17) is 17.3 Å². The zero-order valence-electron chi connectivity index (χ0n) is 16.5. The molecular formula is C21H20ClF3N4O2. The van der Waals surface area contributed by atoms with E-state index < -0.39 is 29.5 Å². The minimum absolute atomic E-state index is 0.0264. The van der Waals surface area contributed by atoms with Crippen molar-refractivity contribution in [1.82, 2.24) is 14.7 Å². The van der Waals surface area contributed by atoms with E-state index in [-0.39, 0.29) is 41.1 Å². The van der Waals surface area contributed by atoms with E-state index in [1.165, 1.54) is 18.2 Å². The van der Waals surface area contributed by atoms with Crippen molar-refractivity contribution in [2.75, 3.05) is 6.54 Å². The Morgan fingerprint density at radius 2 is 1.94 bits per heavy atom. The number of fused-ring (bicyclic) bond motifs is 2. The molecule has 1 aromatic heterocycles. The van der Waals surface area contributed by atoms with Crippen molar-refractivity contribution in [3.05, 3.63) is 40.3 Å². The van der Waals surface area contributed by atoms with Crippen molar-refractivity contribution in [3.63, 3.8) is 0 Å². The van der Waals surface area contributed by atoms with E-state index in [0.717, 1.165) is 0 Å². The highest BCUT2D eigenvalue weighted by Gasteiger charge is 2.71. The van der Waals surface area contributed by atoms with Gasteiger partial charge in [0.15, 0.2) is 0 Å². The van der Waals surface area contributed by atoms with Crippen LogP contribution in [0.25, 0.3) is 11.3 Å². The number of benzene rings is 1. The zero-order valence-corrected chi connectivity index (χ0v) is 17.2. The number of carbonyl (C=O) groups is 2. The van der Waals surface area contributed by atoms with Crippen molar-refractivity contribution in [2.45, 2.75) is 38.3 Å². The predicted octanol–water partition coefficient (Wildman–Crippen LogP) is 3.47. The van der Waals surface area contributed by atoms with Gasteiger partial charge in [-0.05, 0) is 37.0 Å². The number of halogens is 4. The molecule has 0 bridgehead atoms. The highest BCUT2D eigenvalue weighted by atomic mass is 35.5. The van der Waals surface area contributed by atoms with Gasteiger partial charge in [-0.2, -0.15) is 5.10 Å². The van der Waals surface area contributed by atoms with Crippen molar-refractivity contribution in [2.24, 2.45) is 23.5 Å². The molecule has 0 saturated heterocycles. The van der Waals surface area contributed by atoms with Crippen LogP contribution < -0.4 is 5.73 Å². The van der Waals surface area contributed by atoms with Crippen LogP contribution in [-0.2, 0) is 17.9 Å². The summed E-state index contributed by atoms with van der Waals surface area (Å²) in [5.74, 6) is -5.13. The molecular weight excluding hydrogens is 433 g/mol. The van der Waals surface area contributed by atoms with Crippen LogP contribution in [0.3, 0.4) is 0 Å². The Bertz CT molecular complexity index is 1090. The van der Waals surface area contributed by atoms with E-state index in [1.807, 2.05) is 0 Å². The molecule has 3 aliphatic rings. The summed E-state index contributed by atoms with van der Waals surface area (Å²) in [6, 6.07) is 4.03. The SMILES string of the molecule is NC(=O)c1c(-c2ccc(F)c(Cl)c2)nn2c1CN(C(=O)CC1CC3[C@H](C1)C3(F)F)CC2. The minimum Gasteiger partial charge on any atom is -0.365 e. The van der Waals surface area contributed by atoms with Crippen LogP contribution in [0.2, 0.25) is 5.02 Å². The van der Waals surface area contributed by atoms with Crippen LogP contribution in [0, 0.1) is 23.6 Å². The molecule has 3 atom stereocenters. The summed E-state index contributed by atoms with van der Waals surface area (Å²) in [5, 5.41) is 4.35. The third-order valence-electron chi connectivity index (χ3n) is 6.78. The van der Waals surface area contributed by atoms with Gasteiger partial charge in [-0.3, -0.25) is 14.3 Å². The maximum absolute atomic E-state index is 13.5. The van der Waals surface area contributed by atoms with Crippen molar-refractivity contribution >= 4 is 23.4 Å². The summed E-state index contributed by atoms with van der Waals surface area (Å²) in [6.07, 6.45) is 0.998. The van der Waals surface area contributed by atoms with Crippen LogP contribution in [-0.4, -0.2) is 39.0 Å². The normalized spacial score (nSPS) is 25.8. The Kier molecular flexibility index (Phi) is 4.58. The Labute approximate surface area is 181 Å². The molecule has 1 aromatic carbocycles. The molecule has 2 aliphatic carbocycles. The molecule has 1 aliphatic heterocycles. The number of amides is 2. The van der Waals surface area contributed by atoms with Gasteiger partial charge in [-0.1, -0.05) is 11.6 Å². The Balaban J connectivity index is 1.35. The number of hydrogen-bond donors (Lipinski definition) is 1. The molecule has 2 unspecified atom stereocenters. The molecule has 2 saturated carbocycles. The number of primary amides is 1. The molecule has 2 N–H and O–H groups in total. The first-order valence-electron chi connectivity index (χ1n) is 10.2. The molecule has 0 radical (unpaired) electrons. The van der Waals surface area contributed by atoms with Crippen LogP contribution in [0.15, 0.2) is 18.2 Å². The van der Waals surface area contributed by atoms with E-state index in [1.54, 1.807) is 9.58 Å². The summed E-state index contributed by atoms with van der Waals surface area (Å²) in [6.45, 7) is 0.907. The first kappa shape index (κ1) is 20.4. The lowest BCUT2D eigenvalue weighted by Crippen LogP contribution is -2.40. The number of rotatable bonds is 4. The van der Waals surface area contributed by atoms with Gasteiger partial charge in [0.25, 0.3) is 11.8 Å². The number of nitrogens with zero attached hydrogens (tertiary/aromatic N) is 3. The fraction of sp³-hybridized carbons (Fsp3) is 0.476. The zero-order chi connectivity index (χ0) is 22.1. The Hall–Kier alpha value is -2.55. The number of nitrogens with two attached hydrogens (primary N) is 1. The summed E-state index contributed by atoms with van der Waals surface area (Å²) in [7, 11) is 0. The second kappa shape index (κ2) is 6.98. The number of alkyl halides is 2. The molecule has 2 heterocycles. The fourth-order valence-corrected chi connectivity index (χ4v) is 5.28. The second-order valence-electron chi connectivity index (χ2n) is 8.63. The average Bonchev–Trinajstić information content (AvgIpc) is 3.11. The first-order chi connectivity index (χ1) is 14.7. The summed E-state index contributed by atoms with van der Waals surface area (Å²) < 4.78 is 42.0. The Morgan fingerprint density at radius 3 is 2.58 bits per heavy atom. The Morgan fingerprint density at radius 1 is 1.23 bits per heavy atom. The molecule has 2 amide bonds. The highest BCUT2D eigenvalue weighted by molar-refractivity contribution is 6.31.